The van der Waals surface area contributed by atoms with Crippen LogP contribution in [0.1, 0.15) is 12.5 Å². The van der Waals surface area contributed by atoms with Crippen LogP contribution in [0.15, 0.2) is 22.7 Å². The molecule has 1 heterocycles. The molecule has 0 aromatic heterocycles. The van der Waals surface area contributed by atoms with Gasteiger partial charge in [0.05, 0.1) is 12.7 Å². The fourth-order valence-electron chi connectivity index (χ4n) is 2.58. The molecule has 1 N–H and O–H groups in total. The van der Waals surface area contributed by atoms with Gasteiger partial charge in [-0.1, -0.05) is 28.9 Å². The molecule has 1 aliphatic rings. The van der Waals surface area contributed by atoms with Gasteiger partial charge in [-0.25, -0.2) is 4.39 Å². The molecule has 1 aromatic rings. The fraction of sp³-hybridized carbons (Fsp3) is 0.600. The lowest BCUT2D eigenvalue weighted by Gasteiger charge is -2.35. The van der Waals surface area contributed by atoms with Crippen LogP contribution in [0.3, 0.4) is 0 Å². The van der Waals surface area contributed by atoms with Crippen LogP contribution in [0.2, 0.25) is 0 Å². The van der Waals surface area contributed by atoms with Crippen LogP contribution < -0.4 is 5.32 Å². The minimum Gasteiger partial charge on any atom is -0.374 e. The average Bonchev–Trinajstić information content (AvgIpc) is 2.41. The van der Waals surface area contributed by atoms with Gasteiger partial charge >= 0.3 is 0 Å². The first-order valence-corrected chi connectivity index (χ1v) is 7.87. The molecule has 0 bridgehead atoms. The summed E-state index contributed by atoms with van der Waals surface area (Å²) in [6.45, 7) is 5.51. The van der Waals surface area contributed by atoms with Gasteiger partial charge in [-0.15, -0.1) is 0 Å². The van der Waals surface area contributed by atoms with Crippen molar-refractivity contribution in [1.82, 2.24) is 10.2 Å². The molecule has 2 unspecified atom stereocenters. The van der Waals surface area contributed by atoms with E-state index in [4.69, 9.17) is 4.74 Å². The highest BCUT2D eigenvalue weighted by atomic mass is 79.9. The molecule has 0 amide bonds. The van der Waals surface area contributed by atoms with Gasteiger partial charge in [0.2, 0.25) is 0 Å². The van der Waals surface area contributed by atoms with Crippen LogP contribution in [0, 0.1) is 5.82 Å². The Kier molecular flexibility index (Phi) is 5.96. The Balaban J connectivity index is 2.08. The molecule has 0 spiro atoms. The summed E-state index contributed by atoms with van der Waals surface area (Å²) in [7, 11) is 2.10. The zero-order chi connectivity index (χ0) is 14.5. The maximum absolute atomic E-state index is 14.0. The number of ether oxygens (including phenoxy) is 1. The van der Waals surface area contributed by atoms with E-state index in [-0.39, 0.29) is 18.0 Å². The SMILES string of the molecule is CCNC(Cc1ccc(Br)cc1F)C1CN(C)CCO1. The molecule has 2 atom stereocenters. The Morgan fingerprint density at radius 2 is 2.35 bits per heavy atom. The molecule has 2 rings (SSSR count). The number of hydrogen-bond acceptors (Lipinski definition) is 3. The molecule has 1 saturated heterocycles. The molecule has 1 aromatic carbocycles. The first-order chi connectivity index (χ1) is 9.60. The fourth-order valence-corrected chi connectivity index (χ4v) is 2.91. The Morgan fingerprint density at radius 3 is 3.00 bits per heavy atom. The van der Waals surface area contributed by atoms with E-state index in [1.165, 1.54) is 6.07 Å². The zero-order valence-corrected chi connectivity index (χ0v) is 13.6. The monoisotopic (exact) mass is 344 g/mol. The maximum Gasteiger partial charge on any atom is 0.127 e. The third kappa shape index (κ3) is 4.25. The molecule has 0 saturated carbocycles. The second-order valence-electron chi connectivity index (χ2n) is 5.28. The van der Waals surface area contributed by atoms with Gasteiger partial charge in [0.25, 0.3) is 0 Å². The minimum absolute atomic E-state index is 0.108. The van der Waals surface area contributed by atoms with E-state index < -0.39 is 0 Å². The molecule has 0 aliphatic carbocycles. The van der Waals surface area contributed by atoms with Crippen molar-refractivity contribution < 1.29 is 9.13 Å². The van der Waals surface area contributed by atoms with Crippen LogP contribution >= 0.6 is 15.9 Å². The smallest absolute Gasteiger partial charge is 0.127 e. The van der Waals surface area contributed by atoms with Crippen molar-refractivity contribution in [2.45, 2.75) is 25.5 Å². The Labute approximate surface area is 128 Å². The summed E-state index contributed by atoms with van der Waals surface area (Å²) in [6.07, 6.45) is 0.752. The number of likely N-dealkylation sites (N-methyl/N-ethyl adjacent to an activating group) is 2. The number of benzene rings is 1. The highest BCUT2D eigenvalue weighted by molar-refractivity contribution is 9.10. The molecular weight excluding hydrogens is 323 g/mol. The molecule has 112 valence electrons. The molecule has 1 aliphatic heterocycles. The second-order valence-corrected chi connectivity index (χ2v) is 6.19. The van der Waals surface area contributed by atoms with Gasteiger partial charge in [0, 0.05) is 23.6 Å². The van der Waals surface area contributed by atoms with Crippen molar-refractivity contribution in [2.75, 3.05) is 33.3 Å². The largest absolute Gasteiger partial charge is 0.374 e. The first kappa shape index (κ1) is 15.9. The first-order valence-electron chi connectivity index (χ1n) is 7.07. The molecular formula is C15H22BrFN2O. The van der Waals surface area contributed by atoms with E-state index in [2.05, 4.69) is 40.1 Å². The van der Waals surface area contributed by atoms with Gasteiger partial charge in [-0.05, 0) is 37.7 Å². The van der Waals surface area contributed by atoms with Crippen molar-refractivity contribution in [3.05, 3.63) is 34.1 Å². The van der Waals surface area contributed by atoms with E-state index in [9.17, 15) is 4.39 Å². The topological polar surface area (TPSA) is 24.5 Å². The third-order valence-electron chi connectivity index (χ3n) is 3.67. The molecule has 1 fully saturated rings. The number of rotatable bonds is 5. The lowest BCUT2D eigenvalue weighted by molar-refractivity contribution is -0.0382. The summed E-state index contributed by atoms with van der Waals surface area (Å²) in [5.41, 5.74) is 0.732. The zero-order valence-electron chi connectivity index (χ0n) is 12.0. The van der Waals surface area contributed by atoms with E-state index in [0.29, 0.717) is 6.42 Å². The van der Waals surface area contributed by atoms with Gasteiger partial charge in [-0.3, -0.25) is 0 Å². The predicted molar refractivity (Wildman–Crippen MR) is 82.5 cm³/mol. The van der Waals surface area contributed by atoms with Crippen LogP contribution in [-0.4, -0.2) is 50.3 Å². The highest BCUT2D eigenvalue weighted by Crippen LogP contribution is 2.19. The van der Waals surface area contributed by atoms with E-state index in [1.54, 1.807) is 0 Å². The Hall–Kier alpha value is -0.490. The standard InChI is InChI=1S/C15H22BrFN2O/c1-3-18-14(15-10-19(2)6-7-20-15)8-11-4-5-12(16)9-13(11)17/h4-5,9,14-15,18H,3,6-8,10H2,1-2H3. The number of nitrogens with zero attached hydrogens (tertiary/aromatic N) is 1. The summed E-state index contributed by atoms with van der Waals surface area (Å²) in [5.74, 6) is -0.161. The summed E-state index contributed by atoms with van der Waals surface area (Å²) >= 11 is 3.29. The van der Waals surface area contributed by atoms with Gasteiger partial charge in [0.15, 0.2) is 0 Å². The maximum atomic E-state index is 14.0. The lowest BCUT2D eigenvalue weighted by atomic mass is 9.99. The van der Waals surface area contributed by atoms with Crippen molar-refractivity contribution >= 4 is 15.9 Å². The van der Waals surface area contributed by atoms with Crippen molar-refractivity contribution in [3.63, 3.8) is 0 Å². The Bertz CT molecular complexity index is 444. The summed E-state index contributed by atoms with van der Waals surface area (Å²) in [6, 6.07) is 5.39. The van der Waals surface area contributed by atoms with Crippen LogP contribution in [-0.2, 0) is 11.2 Å². The lowest BCUT2D eigenvalue weighted by Crippen LogP contribution is -2.52. The van der Waals surface area contributed by atoms with E-state index in [0.717, 1.165) is 36.3 Å². The number of hydrogen-bond donors (Lipinski definition) is 1. The van der Waals surface area contributed by atoms with Crippen LogP contribution in [0.4, 0.5) is 4.39 Å². The quantitative estimate of drug-likeness (QED) is 0.887. The average molecular weight is 345 g/mol. The summed E-state index contributed by atoms with van der Waals surface area (Å²) < 4.78 is 20.6. The van der Waals surface area contributed by atoms with Gasteiger partial charge < -0.3 is 15.0 Å². The van der Waals surface area contributed by atoms with Crippen LogP contribution in [0.5, 0.6) is 0 Å². The van der Waals surface area contributed by atoms with E-state index in [1.807, 2.05) is 12.1 Å². The number of halogens is 2. The summed E-state index contributed by atoms with van der Waals surface area (Å²) in [4.78, 5) is 2.26. The van der Waals surface area contributed by atoms with Crippen molar-refractivity contribution in [1.29, 1.82) is 0 Å². The molecule has 3 nitrogen and oxygen atoms in total. The number of morpholine rings is 1. The predicted octanol–water partition coefficient (Wildman–Crippen LogP) is 2.44. The van der Waals surface area contributed by atoms with Gasteiger partial charge in [0.1, 0.15) is 5.82 Å². The second kappa shape index (κ2) is 7.50. The third-order valence-corrected chi connectivity index (χ3v) is 4.16. The van der Waals surface area contributed by atoms with Gasteiger partial charge in [-0.2, -0.15) is 0 Å². The molecule has 20 heavy (non-hydrogen) atoms. The molecule has 0 radical (unpaired) electrons. The normalized spacial score (nSPS) is 21.9. The number of nitrogens with one attached hydrogen (secondary N) is 1. The molecule has 5 heteroatoms. The van der Waals surface area contributed by atoms with Crippen LogP contribution in [0.25, 0.3) is 0 Å². The highest BCUT2D eigenvalue weighted by Gasteiger charge is 2.27. The minimum atomic E-state index is -0.161. The Morgan fingerprint density at radius 1 is 1.55 bits per heavy atom. The van der Waals surface area contributed by atoms with E-state index >= 15 is 0 Å². The van der Waals surface area contributed by atoms with Crippen molar-refractivity contribution in [3.8, 4) is 0 Å². The van der Waals surface area contributed by atoms with Crippen molar-refractivity contribution in [2.24, 2.45) is 0 Å². The summed E-state index contributed by atoms with van der Waals surface area (Å²) in [5, 5.41) is 3.43.